The monoisotopic (exact) mass is 298 g/mol. The second kappa shape index (κ2) is 8.64. The molecular formula is C15H26N2O4. The summed E-state index contributed by atoms with van der Waals surface area (Å²) in [6.45, 7) is 7.08. The summed E-state index contributed by atoms with van der Waals surface area (Å²) >= 11 is 0. The number of piperidine rings is 1. The summed E-state index contributed by atoms with van der Waals surface area (Å²) in [4.78, 5) is 36.6. The number of amides is 2. The van der Waals surface area contributed by atoms with Gasteiger partial charge in [-0.25, -0.2) is 0 Å². The van der Waals surface area contributed by atoms with Crippen molar-refractivity contribution in [2.24, 2.45) is 5.92 Å². The molecule has 0 atom stereocenters. The first kappa shape index (κ1) is 17.5. The Bertz CT molecular complexity index is 374. The Kier molecular flexibility index (Phi) is 7.19. The predicted octanol–water partition coefficient (Wildman–Crippen LogP) is 1.09. The van der Waals surface area contributed by atoms with Crippen LogP contribution in [0.15, 0.2) is 0 Å². The van der Waals surface area contributed by atoms with Crippen molar-refractivity contribution in [2.45, 2.75) is 52.5 Å². The quantitative estimate of drug-likeness (QED) is 0.745. The normalized spacial score (nSPS) is 15.9. The summed E-state index contributed by atoms with van der Waals surface area (Å²) in [6, 6.07) is 0.147. The van der Waals surface area contributed by atoms with E-state index in [1.54, 1.807) is 11.8 Å². The molecule has 1 aliphatic rings. The molecule has 0 aromatic carbocycles. The number of hydrogen-bond donors (Lipinski definition) is 1. The maximum absolute atomic E-state index is 12.0. The van der Waals surface area contributed by atoms with E-state index < -0.39 is 0 Å². The SMILES string of the molecule is CCOC(=O)CCC(=O)N1CCC(NC(=O)C(C)C)CC1. The third-order valence-corrected chi connectivity index (χ3v) is 3.57. The van der Waals surface area contributed by atoms with Gasteiger partial charge in [-0.2, -0.15) is 0 Å². The van der Waals surface area contributed by atoms with Gasteiger partial charge < -0.3 is 15.0 Å². The molecule has 1 N–H and O–H groups in total. The molecule has 6 heteroatoms. The smallest absolute Gasteiger partial charge is 0.306 e. The molecule has 1 fully saturated rings. The Morgan fingerprint density at radius 3 is 2.33 bits per heavy atom. The fourth-order valence-electron chi connectivity index (χ4n) is 2.24. The average Bonchev–Trinajstić information content (AvgIpc) is 2.45. The molecule has 0 aromatic rings. The first-order chi connectivity index (χ1) is 9.93. The Balaban J connectivity index is 2.27. The average molecular weight is 298 g/mol. The number of likely N-dealkylation sites (tertiary alicyclic amines) is 1. The molecule has 0 aromatic heterocycles. The molecular weight excluding hydrogens is 272 g/mol. The molecule has 0 spiro atoms. The summed E-state index contributed by atoms with van der Waals surface area (Å²) in [7, 11) is 0. The zero-order chi connectivity index (χ0) is 15.8. The van der Waals surface area contributed by atoms with Crippen molar-refractivity contribution in [1.82, 2.24) is 10.2 Å². The summed E-state index contributed by atoms with van der Waals surface area (Å²) in [5, 5.41) is 2.99. The van der Waals surface area contributed by atoms with Gasteiger partial charge in [0.15, 0.2) is 0 Å². The van der Waals surface area contributed by atoms with Crippen LogP contribution in [-0.2, 0) is 19.1 Å². The van der Waals surface area contributed by atoms with Gasteiger partial charge in [0.2, 0.25) is 11.8 Å². The van der Waals surface area contributed by atoms with Crippen LogP contribution in [0.2, 0.25) is 0 Å². The Morgan fingerprint density at radius 2 is 1.81 bits per heavy atom. The highest BCUT2D eigenvalue weighted by molar-refractivity contribution is 5.81. The minimum Gasteiger partial charge on any atom is -0.466 e. The molecule has 1 aliphatic heterocycles. The number of nitrogens with zero attached hydrogens (tertiary/aromatic N) is 1. The molecule has 0 unspecified atom stereocenters. The molecule has 21 heavy (non-hydrogen) atoms. The maximum atomic E-state index is 12.0. The number of carbonyl (C=O) groups is 3. The van der Waals surface area contributed by atoms with Gasteiger partial charge in [0.25, 0.3) is 0 Å². The largest absolute Gasteiger partial charge is 0.466 e. The van der Waals surface area contributed by atoms with Crippen LogP contribution in [0.5, 0.6) is 0 Å². The van der Waals surface area contributed by atoms with Crippen LogP contribution in [0, 0.1) is 5.92 Å². The fourth-order valence-corrected chi connectivity index (χ4v) is 2.24. The van der Waals surface area contributed by atoms with Crippen LogP contribution in [-0.4, -0.2) is 48.4 Å². The van der Waals surface area contributed by atoms with Gasteiger partial charge in [0, 0.05) is 31.5 Å². The van der Waals surface area contributed by atoms with Gasteiger partial charge in [-0.1, -0.05) is 13.8 Å². The molecule has 2 amide bonds. The third-order valence-electron chi connectivity index (χ3n) is 3.57. The van der Waals surface area contributed by atoms with E-state index >= 15 is 0 Å². The number of rotatable bonds is 6. The number of nitrogens with one attached hydrogen (secondary N) is 1. The van der Waals surface area contributed by atoms with Crippen molar-refractivity contribution in [3.05, 3.63) is 0 Å². The van der Waals surface area contributed by atoms with E-state index in [1.807, 2.05) is 13.8 Å². The Hall–Kier alpha value is -1.59. The molecule has 6 nitrogen and oxygen atoms in total. The number of hydrogen-bond acceptors (Lipinski definition) is 4. The molecule has 120 valence electrons. The lowest BCUT2D eigenvalue weighted by Gasteiger charge is -2.32. The first-order valence-electron chi connectivity index (χ1n) is 7.67. The number of esters is 1. The molecule has 0 radical (unpaired) electrons. The highest BCUT2D eigenvalue weighted by atomic mass is 16.5. The Morgan fingerprint density at radius 1 is 1.19 bits per heavy atom. The molecule has 1 rings (SSSR count). The van der Waals surface area contributed by atoms with E-state index in [0.29, 0.717) is 19.7 Å². The van der Waals surface area contributed by atoms with Gasteiger partial charge in [-0.05, 0) is 19.8 Å². The van der Waals surface area contributed by atoms with Crippen molar-refractivity contribution in [3.8, 4) is 0 Å². The van der Waals surface area contributed by atoms with Crippen molar-refractivity contribution >= 4 is 17.8 Å². The minimum atomic E-state index is -0.329. The van der Waals surface area contributed by atoms with Gasteiger partial charge in [0.1, 0.15) is 0 Å². The van der Waals surface area contributed by atoms with Gasteiger partial charge >= 0.3 is 5.97 Å². The zero-order valence-corrected chi connectivity index (χ0v) is 13.2. The lowest BCUT2D eigenvalue weighted by atomic mass is 10.0. The van der Waals surface area contributed by atoms with Crippen LogP contribution in [0.3, 0.4) is 0 Å². The van der Waals surface area contributed by atoms with E-state index in [9.17, 15) is 14.4 Å². The molecule has 0 saturated carbocycles. The first-order valence-corrected chi connectivity index (χ1v) is 7.67. The highest BCUT2D eigenvalue weighted by Gasteiger charge is 2.24. The zero-order valence-electron chi connectivity index (χ0n) is 13.2. The minimum absolute atomic E-state index is 0.0170. The van der Waals surface area contributed by atoms with E-state index in [2.05, 4.69) is 5.32 Å². The number of ether oxygens (including phenoxy) is 1. The summed E-state index contributed by atoms with van der Waals surface area (Å²) in [5.41, 5.74) is 0. The molecule has 1 heterocycles. The van der Waals surface area contributed by atoms with Crippen LogP contribution in [0.25, 0.3) is 0 Å². The van der Waals surface area contributed by atoms with Crippen molar-refractivity contribution < 1.29 is 19.1 Å². The molecule has 0 bridgehead atoms. The van der Waals surface area contributed by atoms with E-state index in [1.165, 1.54) is 0 Å². The van der Waals surface area contributed by atoms with E-state index in [0.717, 1.165) is 12.8 Å². The summed E-state index contributed by atoms with van der Waals surface area (Å²) in [6.07, 6.45) is 1.87. The van der Waals surface area contributed by atoms with Crippen LogP contribution < -0.4 is 5.32 Å². The van der Waals surface area contributed by atoms with Crippen molar-refractivity contribution in [3.63, 3.8) is 0 Å². The standard InChI is InChI=1S/C15H26N2O4/c1-4-21-14(19)6-5-13(18)17-9-7-12(8-10-17)16-15(20)11(2)3/h11-12H,4-10H2,1-3H3,(H,16,20). The second-order valence-corrected chi connectivity index (χ2v) is 5.62. The third kappa shape index (κ3) is 6.14. The molecule has 0 aliphatic carbocycles. The van der Waals surface area contributed by atoms with Gasteiger partial charge in [-0.3, -0.25) is 14.4 Å². The maximum Gasteiger partial charge on any atom is 0.306 e. The predicted molar refractivity (Wildman–Crippen MR) is 78.4 cm³/mol. The van der Waals surface area contributed by atoms with Crippen LogP contribution in [0.1, 0.15) is 46.5 Å². The topological polar surface area (TPSA) is 75.7 Å². The van der Waals surface area contributed by atoms with E-state index in [4.69, 9.17) is 4.74 Å². The summed E-state index contributed by atoms with van der Waals surface area (Å²) in [5.74, 6) is -0.307. The fraction of sp³-hybridized carbons (Fsp3) is 0.800. The lowest BCUT2D eigenvalue weighted by Crippen LogP contribution is -2.47. The van der Waals surface area contributed by atoms with E-state index in [-0.39, 0.29) is 42.6 Å². The van der Waals surface area contributed by atoms with Gasteiger partial charge in [0.05, 0.1) is 13.0 Å². The Labute approximate surface area is 126 Å². The van der Waals surface area contributed by atoms with Gasteiger partial charge in [-0.15, -0.1) is 0 Å². The highest BCUT2D eigenvalue weighted by Crippen LogP contribution is 2.13. The van der Waals surface area contributed by atoms with Crippen LogP contribution >= 0.6 is 0 Å². The second-order valence-electron chi connectivity index (χ2n) is 5.62. The van der Waals surface area contributed by atoms with Crippen molar-refractivity contribution in [2.75, 3.05) is 19.7 Å². The van der Waals surface area contributed by atoms with Crippen LogP contribution in [0.4, 0.5) is 0 Å². The lowest BCUT2D eigenvalue weighted by molar-refractivity contribution is -0.146. The van der Waals surface area contributed by atoms with Crippen molar-refractivity contribution in [1.29, 1.82) is 0 Å². The summed E-state index contributed by atoms with van der Waals surface area (Å²) < 4.78 is 4.81. The number of carbonyl (C=O) groups excluding carboxylic acids is 3. The molecule has 1 saturated heterocycles.